The molecule has 0 bridgehead atoms. The maximum Gasteiger partial charge on any atom is 0.329 e. The van der Waals surface area contributed by atoms with Gasteiger partial charge in [0.25, 0.3) is 0 Å². The Kier molecular flexibility index (Phi) is 9.25. The summed E-state index contributed by atoms with van der Waals surface area (Å²) in [4.78, 5) is 10.0. The van der Waals surface area contributed by atoms with Crippen LogP contribution in [0.1, 0.15) is 6.42 Å². The zero-order valence-electron chi connectivity index (χ0n) is 8.36. The lowest BCUT2D eigenvalue weighted by Gasteiger charge is -2.02. The van der Waals surface area contributed by atoms with Crippen LogP contribution in [-0.2, 0) is 14.3 Å². The van der Waals surface area contributed by atoms with Crippen molar-refractivity contribution in [2.75, 3.05) is 33.5 Å². The fraction of sp³-hybridized carbons (Fsp3) is 0.667. The summed E-state index contributed by atoms with van der Waals surface area (Å²) >= 11 is 0. The largest absolute Gasteiger partial charge is 0.478 e. The van der Waals surface area contributed by atoms with Crippen molar-refractivity contribution >= 4 is 5.97 Å². The van der Waals surface area contributed by atoms with Gasteiger partial charge in [0.15, 0.2) is 0 Å². The predicted molar refractivity (Wildman–Crippen MR) is 52.1 cm³/mol. The third-order valence-electron chi connectivity index (χ3n) is 1.39. The Hall–Kier alpha value is -1.07. The van der Waals surface area contributed by atoms with Crippen LogP contribution in [0.3, 0.4) is 0 Å². The Bertz CT molecular complexity index is 170. The van der Waals surface area contributed by atoms with Crippen molar-refractivity contribution in [1.82, 2.24) is 5.32 Å². The van der Waals surface area contributed by atoms with Gasteiger partial charge in [0.2, 0.25) is 0 Å². The van der Waals surface area contributed by atoms with E-state index in [4.69, 9.17) is 14.6 Å². The number of hydrogen-bond acceptors (Lipinski definition) is 4. The third kappa shape index (κ3) is 10.9. The molecule has 5 nitrogen and oxygen atoms in total. The Morgan fingerprint density at radius 2 is 2.21 bits per heavy atom. The van der Waals surface area contributed by atoms with E-state index < -0.39 is 5.97 Å². The van der Waals surface area contributed by atoms with Gasteiger partial charge in [-0.05, 0) is 6.42 Å². The average Bonchev–Trinajstić information content (AvgIpc) is 2.15. The SMILES string of the molecule is COCCOCCCN/C=C/C(=O)O. The molecule has 5 heteroatoms. The highest BCUT2D eigenvalue weighted by Crippen LogP contribution is 1.81. The number of ether oxygens (including phenoxy) is 2. The molecule has 0 saturated carbocycles. The number of methoxy groups -OCH3 is 1. The number of carboxylic acids is 1. The first kappa shape index (κ1) is 12.9. The summed E-state index contributed by atoms with van der Waals surface area (Å²) in [6.45, 7) is 2.56. The van der Waals surface area contributed by atoms with Gasteiger partial charge in [-0.3, -0.25) is 0 Å². The molecule has 0 fully saturated rings. The monoisotopic (exact) mass is 203 g/mol. The van der Waals surface area contributed by atoms with Gasteiger partial charge in [-0.15, -0.1) is 0 Å². The van der Waals surface area contributed by atoms with Gasteiger partial charge in [0.1, 0.15) is 0 Å². The standard InChI is InChI=1S/C9H17NO4/c1-13-7-8-14-6-2-4-10-5-3-9(11)12/h3,5,10H,2,4,6-8H2,1H3,(H,11,12)/b5-3+. The molecule has 0 aromatic heterocycles. The molecule has 0 aromatic rings. The molecule has 0 heterocycles. The van der Waals surface area contributed by atoms with Gasteiger partial charge >= 0.3 is 5.97 Å². The minimum Gasteiger partial charge on any atom is -0.478 e. The first-order valence-corrected chi connectivity index (χ1v) is 4.47. The number of carbonyl (C=O) groups is 1. The topological polar surface area (TPSA) is 67.8 Å². The second-order valence-corrected chi connectivity index (χ2v) is 2.58. The zero-order chi connectivity index (χ0) is 10.6. The highest BCUT2D eigenvalue weighted by Gasteiger charge is 1.88. The first-order chi connectivity index (χ1) is 6.77. The summed E-state index contributed by atoms with van der Waals surface area (Å²) in [7, 11) is 1.63. The van der Waals surface area contributed by atoms with Gasteiger partial charge in [0.05, 0.1) is 13.2 Å². The molecule has 0 radical (unpaired) electrons. The van der Waals surface area contributed by atoms with Crippen LogP contribution in [0, 0.1) is 0 Å². The zero-order valence-corrected chi connectivity index (χ0v) is 8.36. The quantitative estimate of drug-likeness (QED) is 0.414. The van der Waals surface area contributed by atoms with Gasteiger partial charge < -0.3 is 19.9 Å². The van der Waals surface area contributed by atoms with Crippen LogP contribution < -0.4 is 5.32 Å². The fourth-order valence-corrected chi connectivity index (χ4v) is 0.734. The maximum absolute atomic E-state index is 10.0. The molecular weight excluding hydrogens is 186 g/mol. The van der Waals surface area contributed by atoms with Crippen molar-refractivity contribution in [3.63, 3.8) is 0 Å². The molecule has 0 aliphatic carbocycles. The van der Waals surface area contributed by atoms with E-state index in [2.05, 4.69) is 5.32 Å². The van der Waals surface area contributed by atoms with Crippen LogP contribution in [-0.4, -0.2) is 44.6 Å². The van der Waals surface area contributed by atoms with Crippen molar-refractivity contribution in [2.45, 2.75) is 6.42 Å². The Balaban J connectivity index is 3.02. The van der Waals surface area contributed by atoms with E-state index in [-0.39, 0.29) is 0 Å². The van der Waals surface area contributed by atoms with E-state index in [9.17, 15) is 4.79 Å². The second kappa shape index (κ2) is 10.0. The normalized spacial score (nSPS) is 10.6. The van der Waals surface area contributed by atoms with Crippen molar-refractivity contribution in [3.8, 4) is 0 Å². The van der Waals surface area contributed by atoms with Gasteiger partial charge in [-0.1, -0.05) is 0 Å². The Morgan fingerprint density at radius 1 is 1.43 bits per heavy atom. The van der Waals surface area contributed by atoms with E-state index in [0.717, 1.165) is 12.5 Å². The van der Waals surface area contributed by atoms with Crippen LogP contribution in [0.25, 0.3) is 0 Å². The molecule has 2 N–H and O–H groups in total. The lowest BCUT2D eigenvalue weighted by Crippen LogP contribution is -2.11. The van der Waals surface area contributed by atoms with Crippen molar-refractivity contribution in [1.29, 1.82) is 0 Å². The molecule has 0 aliphatic heterocycles. The van der Waals surface area contributed by atoms with Crippen LogP contribution in [0.4, 0.5) is 0 Å². The molecule has 0 spiro atoms. The van der Waals surface area contributed by atoms with Crippen LogP contribution >= 0.6 is 0 Å². The van der Waals surface area contributed by atoms with Gasteiger partial charge in [-0.25, -0.2) is 4.79 Å². The van der Waals surface area contributed by atoms with Gasteiger partial charge in [-0.2, -0.15) is 0 Å². The van der Waals surface area contributed by atoms with E-state index in [0.29, 0.717) is 26.4 Å². The lowest BCUT2D eigenvalue weighted by atomic mass is 10.4. The summed E-state index contributed by atoms with van der Waals surface area (Å²) in [6, 6.07) is 0. The van der Waals surface area contributed by atoms with E-state index in [1.807, 2.05) is 0 Å². The van der Waals surface area contributed by atoms with Crippen LogP contribution in [0.5, 0.6) is 0 Å². The number of carboxylic acid groups (broad SMARTS) is 1. The highest BCUT2D eigenvalue weighted by molar-refractivity contribution is 5.79. The smallest absolute Gasteiger partial charge is 0.329 e. The molecule has 0 saturated heterocycles. The van der Waals surface area contributed by atoms with Crippen molar-refractivity contribution in [3.05, 3.63) is 12.3 Å². The summed E-state index contributed by atoms with van der Waals surface area (Å²) in [6.07, 6.45) is 3.32. The second-order valence-electron chi connectivity index (χ2n) is 2.58. The molecule has 0 aromatic carbocycles. The van der Waals surface area contributed by atoms with Crippen LogP contribution in [0.15, 0.2) is 12.3 Å². The molecule has 0 atom stereocenters. The van der Waals surface area contributed by atoms with E-state index >= 15 is 0 Å². The molecule has 0 rings (SSSR count). The van der Waals surface area contributed by atoms with E-state index in [1.54, 1.807) is 7.11 Å². The third-order valence-corrected chi connectivity index (χ3v) is 1.39. The molecular formula is C9H17NO4. The molecule has 14 heavy (non-hydrogen) atoms. The minimum absolute atomic E-state index is 0.599. The number of rotatable bonds is 9. The first-order valence-electron chi connectivity index (χ1n) is 4.47. The van der Waals surface area contributed by atoms with Gasteiger partial charge in [0, 0.05) is 32.5 Å². The Labute approximate surface area is 83.7 Å². The lowest BCUT2D eigenvalue weighted by molar-refractivity contribution is -0.131. The fourth-order valence-electron chi connectivity index (χ4n) is 0.734. The molecule has 0 aliphatic rings. The maximum atomic E-state index is 10.0. The highest BCUT2D eigenvalue weighted by atomic mass is 16.5. The molecule has 0 amide bonds. The summed E-state index contributed by atoms with van der Waals surface area (Å²) < 4.78 is 9.99. The number of nitrogens with one attached hydrogen (secondary N) is 1. The number of hydrogen-bond donors (Lipinski definition) is 2. The Morgan fingerprint density at radius 3 is 2.86 bits per heavy atom. The van der Waals surface area contributed by atoms with Crippen molar-refractivity contribution in [2.24, 2.45) is 0 Å². The average molecular weight is 203 g/mol. The summed E-state index contributed by atoms with van der Waals surface area (Å²) in [5.74, 6) is -0.950. The molecule has 0 unspecified atom stereocenters. The predicted octanol–water partition coefficient (Wildman–Crippen LogP) is 0.227. The van der Waals surface area contributed by atoms with Crippen molar-refractivity contribution < 1.29 is 19.4 Å². The summed E-state index contributed by atoms with van der Waals surface area (Å²) in [5.41, 5.74) is 0. The van der Waals surface area contributed by atoms with E-state index in [1.165, 1.54) is 6.20 Å². The minimum atomic E-state index is -0.950. The molecule has 82 valence electrons. The van der Waals surface area contributed by atoms with Crippen LogP contribution in [0.2, 0.25) is 0 Å². The summed E-state index contributed by atoms with van der Waals surface area (Å²) in [5, 5.41) is 11.1. The number of aliphatic carboxylic acids is 1.